The number of likely N-dealkylation sites (N-methyl/N-ethyl adjacent to an activating group) is 1. The molecule has 1 N–H and O–H groups in total. The maximum Gasteiger partial charge on any atom is 0.127 e. The van der Waals surface area contributed by atoms with Crippen molar-refractivity contribution in [2.75, 3.05) is 20.2 Å². The van der Waals surface area contributed by atoms with Crippen LogP contribution in [-0.4, -0.2) is 41.2 Å². The highest BCUT2D eigenvalue weighted by Gasteiger charge is 2.19. The number of likely N-dealkylation sites (tertiary alicyclic amines) is 1. The topological polar surface area (TPSA) is 45.6 Å². The zero-order chi connectivity index (χ0) is 12.1. The third-order valence-corrected chi connectivity index (χ3v) is 3.38. The Balaban J connectivity index is 1.92. The van der Waals surface area contributed by atoms with Crippen molar-refractivity contribution < 1.29 is 9.84 Å². The normalized spacial score (nSPS) is 21.4. The van der Waals surface area contributed by atoms with Crippen molar-refractivity contribution in [3.63, 3.8) is 0 Å². The van der Waals surface area contributed by atoms with E-state index < -0.39 is 0 Å². The van der Waals surface area contributed by atoms with Gasteiger partial charge < -0.3 is 14.7 Å². The molecular weight excluding hydrogens is 216 g/mol. The molecule has 1 fully saturated rings. The van der Waals surface area contributed by atoms with Crippen LogP contribution in [0, 0.1) is 0 Å². The van der Waals surface area contributed by atoms with Crippen molar-refractivity contribution in [2.24, 2.45) is 0 Å². The number of aliphatic hydroxyl groups is 1. The summed E-state index contributed by atoms with van der Waals surface area (Å²) in [7, 11) is 2.15. The summed E-state index contributed by atoms with van der Waals surface area (Å²) in [6.45, 7) is 1.81. The summed E-state index contributed by atoms with van der Waals surface area (Å²) < 4.78 is 5.80. The van der Waals surface area contributed by atoms with E-state index in [-0.39, 0.29) is 6.61 Å². The van der Waals surface area contributed by atoms with Gasteiger partial charge >= 0.3 is 0 Å². The van der Waals surface area contributed by atoms with Crippen LogP contribution in [0.5, 0.6) is 5.75 Å². The summed E-state index contributed by atoms with van der Waals surface area (Å²) in [6, 6.07) is 2.30. The largest absolute Gasteiger partial charge is 0.491 e. The summed E-state index contributed by atoms with van der Waals surface area (Å²) >= 11 is 0. The van der Waals surface area contributed by atoms with E-state index in [0.29, 0.717) is 12.6 Å². The molecule has 0 aromatic carbocycles. The van der Waals surface area contributed by atoms with Gasteiger partial charge in [-0.15, -0.1) is 0 Å². The summed E-state index contributed by atoms with van der Waals surface area (Å²) in [5.41, 5.74) is 0.756. The van der Waals surface area contributed by atoms with Crippen molar-refractivity contribution in [1.29, 1.82) is 0 Å². The van der Waals surface area contributed by atoms with Gasteiger partial charge in [-0.3, -0.25) is 4.98 Å². The molecule has 1 unspecified atom stereocenters. The van der Waals surface area contributed by atoms with E-state index in [1.807, 2.05) is 6.07 Å². The van der Waals surface area contributed by atoms with Crippen LogP contribution in [0.15, 0.2) is 18.5 Å². The standard InChI is InChI=1S/C13H20N2O2/c1-15-7-3-2-4-12(15)10-17-13-5-6-14-8-11(13)9-16/h5-6,8,12,16H,2-4,7,9-10H2,1H3. The van der Waals surface area contributed by atoms with Gasteiger partial charge in [-0.1, -0.05) is 6.42 Å². The van der Waals surface area contributed by atoms with Gasteiger partial charge in [-0.2, -0.15) is 0 Å². The second-order valence-corrected chi connectivity index (χ2v) is 4.58. The molecule has 1 atom stereocenters. The molecule has 1 aromatic rings. The van der Waals surface area contributed by atoms with E-state index in [4.69, 9.17) is 4.74 Å². The Morgan fingerprint density at radius 1 is 1.53 bits per heavy atom. The summed E-state index contributed by atoms with van der Waals surface area (Å²) in [5.74, 6) is 0.751. The van der Waals surface area contributed by atoms with E-state index in [2.05, 4.69) is 16.9 Å². The lowest BCUT2D eigenvalue weighted by Crippen LogP contribution is -2.40. The molecule has 4 nitrogen and oxygen atoms in total. The fourth-order valence-corrected chi connectivity index (χ4v) is 2.21. The highest BCUT2D eigenvalue weighted by Crippen LogP contribution is 2.20. The van der Waals surface area contributed by atoms with Crippen LogP contribution < -0.4 is 4.74 Å². The lowest BCUT2D eigenvalue weighted by Gasteiger charge is -2.32. The molecule has 0 bridgehead atoms. The second-order valence-electron chi connectivity index (χ2n) is 4.58. The molecule has 0 spiro atoms. The molecule has 0 amide bonds. The molecule has 2 heterocycles. The van der Waals surface area contributed by atoms with Gasteiger partial charge in [0.2, 0.25) is 0 Å². The first kappa shape index (κ1) is 12.3. The van der Waals surface area contributed by atoms with Gasteiger partial charge in [0, 0.05) is 24.0 Å². The van der Waals surface area contributed by atoms with Crippen LogP contribution >= 0.6 is 0 Å². The quantitative estimate of drug-likeness (QED) is 0.859. The van der Waals surface area contributed by atoms with E-state index in [1.54, 1.807) is 12.4 Å². The minimum absolute atomic E-state index is 0.0241. The number of pyridine rings is 1. The number of rotatable bonds is 4. The number of hydrogen-bond donors (Lipinski definition) is 1. The Morgan fingerprint density at radius 2 is 2.41 bits per heavy atom. The van der Waals surface area contributed by atoms with Crippen molar-refractivity contribution in [2.45, 2.75) is 31.9 Å². The van der Waals surface area contributed by atoms with Gasteiger partial charge in [0.05, 0.1) is 6.61 Å². The number of piperidine rings is 1. The van der Waals surface area contributed by atoms with Crippen LogP contribution in [0.2, 0.25) is 0 Å². The Hall–Kier alpha value is -1.13. The molecule has 1 aliphatic heterocycles. The number of nitrogens with zero attached hydrogens (tertiary/aromatic N) is 2. The Morgan fingerprint density at radius 3 is 3.18 bits per heavy atom. The number of ether oxygens (including phenoxy) is 1. The molecule has 0 radical (unpaired) electrons. The highest BCUT2D eigenvalue weighted by atomic mass is 16.5. The first-order chi connectivity index (χ1) is 8.31. The fraction of sp³-hybridized carbons (Fsp3) is 0.615. The molecule has 0 aliphatic carbocycles. The van der Waals surface area contributed by atoms with Gasteiger partial charge in [-0.25, -0.2) is 0 Å². The van der Waals surface area contributed by atoms with E-state index in [9.17, 15) is 5.11 Å². The average molecular weight is 236 g/mol. The number of hydrogen-bond acceptors (Lipinski definition) is 4. The highest BCUT2D eigenvalue weighted by molar-refractivity contribution is 5.29. The summed E-state index contributed by atoms with van der Waals surface area (Å²) in [4.78, 5) is 6.33. The third-order valence-electron chi connectivity index (χ3n) is 3.38. The van der Waals surface area contributed by atoms with E-state index in [1.165, 1.54) is 19.3 Å². The molecule has 0 saturated carbocycles. The number of aromatic nitrogens is 1. The van der Waals surface area contributed by atoms with E-state index >= 15 is 0 Å². The van der Waals surface area contributed by atoms with Gasteiger partial charge in [0.15, 0.2) is 0 Å². The molecule has 17 heavy (non-hydrogen) atoms. The SMILES string of the molecule is CN1CCCCC1COc1ccncc1CO. The zero-order valence-corrected chi connectivity index (χ0v) is 10.3. The van der Waals surface area contributed by atoms with Crippen LogP contribution in [-0.2, 0) is 6.61 Å². The second kappa shape index (κ2) is 5.98. The van der Waals surface area contributed by atoms with Crippen molar-refractivity contribution in [3.05, 3.63) is 24.0 Å². The molecule has 1 aliphatic rings. The summed E-state index contributed by atoms with van der Waals surface area (Å²) in [5, 5.41) is 9.18. The maximum absolute atomic E-state index is 9.18. The van der Waals surface area contributed by atoms with Crippen LogP contribution in [0.3, 0.4) is 0 Å². The fourth-order valence-electron chi connectivity index (χ4n) is 2.21. The lowest BCUT2D eigenvalue weighted by molar-refractivity contribution is 0.123. The van der Waals surface area contributed by atoms with Crippen molar-refractivity contribution >= 4 is 0 Å². The van der Waals surface area contributed by atoms with Crippen molar-refractivity contribution in [3.8, 4) is 5.75 Å². The van der Waals surface area contributed by atoms with Crippen LogP contribution in [0.25, 0.3) is 0 Å². The Bertz CT molecular complexity index is 357. The Labute approximate surface area is 102 Å². The summed E-state index contributed by atoms with van der Waals surface area (Å²) in [6.07, 6.45) is 7.10. The third kappa shape index (κ3) is 3.17. The monoisotopic (exact) mass is 236 g/mol. The predicted octanol–water partition coefficient (Wildman–Crippen LogP) is 1.44. The molecule has 4 heteroatoms. The average Bonchev–Trinajstić information content (AvgIpc) is 2.38. The van der Waals surface area contributed by atoms with Gasteiger partial charge in [0.1, 0.15) is 12.4 Å². The minimum atomic E-state index is -0.0241. The maximum atomic E-state index is 9.18. The van der Waals surface area contributed by atoms with Gasteiger partial charge in [-0.05, 0) is 32.5 Å². The van der Waals surface area contributed by atoms with Gasteiger partial charge in [0.25, 0.3) is 0 Å². The van der Waals surface area contributed by atoms with Crippen LogP contribution in [0.4, 0.5) is 0 Å². The predicted molar refractivity (Wildman–Crippen MR) is 65.9 cm³/mol. The lowest BCUT2D eigenvalue weighted by atomic mass is 10.0. The van der Waals surface area contributed by atoms with Crippen molar-refractivity contribution in [1.82, 2.24) is 9.88 Å². The molecule has 1 aromatic heterocycles. The van der Waals surface area contributed by atoms with E-state index in [0.717, 1.165) is 17.9 Å². The molecular formula is C13H20N2O2. The molecule has 94 valence electrons. The molecule has 1 saturated heterocycles. The first-order valence-electron chi connectivity index (χ1n) is 6.18. The smallest absolute Gasteiger partial charge is 0.127 e. The Kier molecular flexibility index (Phi) is 4.34. The number of aliphatic hydroxyl groups excluding tert-OH is 1. The minimum Gasteiger partial charge on any atom is -0.491 e. The molecule has 2 rings (SSSR count). The van der Waals surface area contributed by atoms with Crippen LogP contribution in [0.1, 0.15) is 24.8 Å². The first-order valence-corrected chi connectivity index (χ1v) is 6.18. The zero-order valence-electron chi connectivity index (χ0n) is 10.3.